The number of nitrogens with zero attached hydrogens (tertiary/aromatic N) is 4. The molecule has 4 rings (SSSR count). The van der Waals surface area contributed by atoms with Gasteiger partial charge in [-0.3, -0.25) is 4.79 Å². The van der Waals surface area contributed by atoms with E-state index >= 15 is 0 Å². The molecule has 166 valence electrons. The van der Waals surface area contributed by atoms with Crippen molar-refractivity contribution in [2.45, 2.75) is 12.8 Å². The van der Waals surface area contributed by atoms with Crippen LogP contribution in [0.5, 0.6) is 0 Å². The first-order valence-electron chi connectivity index (χ1n) is 9.91. The highest BCUT2D eigenvalue weighted by molar-refractivity contribution is 5.95. The summed E-state index contributed by atoms with van der Waals surface area (Å²) in [5.74, 6) is -2.32. The second-order valence-electron chi connectivity index (χ2n) is 7.51. The predicted octanol–water partition coefficient (Wildman–Crippen LogP) is 2.01. The number of halogens is 2. The third-order valence-corrected chi connectivity index (χ3v) is 5.22. The molecule has 5 N–H and O–H groups in total. The number of nitrogens with two attached hydrogens (primary N) is 2. The standard InChI is InChI=1S/C20H22F2N6O.CH5N/c1-20(21,22)13-7-12(8-14(23)9-13)18-15-10-17(28-5-3-27(2)4-6-28)24-11-16(15)19(29)26-25-18;1-2/h7-11H,3-6,23H2,1-2H3,(H,26,29);2H2,1H3. The third kappa shape index (κ3) is 4.80. The highest BCUT2D eigenvalue weighted by atomic mass is 19.3. The number of H-pyrrole nitrogens is 1. The van der Waals surface area contributed by atoms with E-state index in [-0.39, 0.29) is 16.8 Å². The van der Waals surface area contributed by atoms with E-state index in [1.54, 1.807) is 12.1 Å². The number of benzene rings is 1. The maximum atomic E-state index is 13.9. The number of nitrogens with one attached hydrogen (secondary N) is 1. The number of likely N-dealkylation sites (N-methyl/N-ethyl adjacent to an activating group) is 1. The van der Waals surface area contributed by atoms with E-state index in [2.05, 4.69) is 37.8 Å². The summed E-state index contributed by atoms with van der Waals surface area (Å²) in [4.78, 5) is 21.1. The normalized spacial score (nSPS) is 15.0. The molecule has 1 fully saturated rings. The van der Waals surface area contributed by atoms with Gasteiger partial charge in [-0.1, -0.05) is 0 Å². The number of hydrogen-bond acceptors (Lipinski definition) is 7. The maximum Gasteiger partial charge on any atom is 0.273 e. The van der Waals surface area contributed by atoms with Crippen molar-refractivity contribution in [3.05, 3.63) is 46.4 Å². The molecule has 3 heterocycles. The Morgan fingerprint density at radius 2 is 1.74 bits per heavy atom. The van der Waals surface area contributed by atoms with E-state index in [0.29, 0.717) is 22.0 Å². The molecule has 31 heavy (non-hydrogen) atoms. The van der Waals surface area contributed by atoms with Gasteiger partial charge in [-0.15, -0.1) is 0 Å². The van der Waals surface area contributed by atoms with Crippen LogP contribution in [0.1, 0.15) is 12.5 Å². The molecule has 8 nitrogen and oxygen atoms in total. The third-order valence-electron chi connectivity index (χ3n) is 5.22. The van der Waals surface area contributed by atoms with Crippen molar-refractivity contribution >= 4 is 22.3 Å². The molecule has 0 atom stereocenters. The smallest absolute Gasteiger partial charge is 0.273 e. The molecule has 0 bridgehead atoms. The quantitative estimate of drug-likeness (QED) is 0.543. The Kier molecular flexibility index (Phi) is 6.51. The van der Waals surface area contributed by atoms with Gasteiger partial charge in [-0.05, 0) is 38.4 Å². The van der Waals surface area contributed by atoms with E-state index < -0.39 is 5.92 Å². The molecule has 0 unspecified atom stereocenters. The first kappa shape index (κ1) is 22.6. The highest BCUT2D eigenvalue weighted by Crippen LogP contribution is 2.34. The summed E-state index contributed by atoms with van der Waals surface area (Å²) in [6.45, 7) is 4.25. The maximum absolute atomic E-state index is 13.9. The highest BCUT2D eigenvalue weighted by Gasteiger charge is 2.26. The molecule has 0 aliphatic carbocycles. The largest absolute Gasteiger partial charge is 0.399 e. The zero-order valence-corrected chi connectivity index (χ0v) is 17.8. The van der Waals surface area contributed by atoms with Crippen molar-refractivity contribution < 1.29 is 8.78 Å². The van der Waals surface area contributed by atoms with Crippen molar-refractivity contribution in [3.63, 3.8) is 0 Å². The van der Waals surface area contributed by atoms with Gasteiger partial charge >= 0.3 is 0 Å². The lowest BCUT2D eigenvalue weighted by atomic mass is 10.0. The summed E-state index contributed by atoms with van der Waals surface area (Å²) in [6.07, 6.45) is 1.51. The molecule has 3 aromatic rings. The van der Waals surface area contributed by atoms with E-state index in [1.807, 2.05) is 0 Å². The molecule has 1 aromatic carbocycles. The summed E-state index contributed by atoms with van der Waals surface area (Å²) in [7, 11) is 3.56. The van der Waals surface area contributed by atoms with E-state index in [9.17, 15) is 13.6 Å². The second-order valence-corrected chi connectivity index (χ2v) is 7.51. The summed E-state index contributed by atoms with van der Waals surface area (Å²) < 4.78 is 27.8. The topological polar surface area (TPSA) is 117 Å². The van der Waals surface area contributed by atoms with Gasteiger partial charge in [0.2, 0.25) is 0 Å². The van der Waals surface area contributed by atoms with Gasteiger partial charge in [-0.25, -0.2) is 18.9 Å². The lowest BCUT2D eigenvalue weighted by molar-refractivity contribution is 0.0175. The fourth-order valence-electron chi connectivity index (χ4n) is 3.52. The summed E-state index contributed by atoms with van der Waals surface area (Å²) >= 11 is 0. The summed E-state index contributed by atoms with van der Waals surface area (Å²) in [5.41, 5.74) is 10.8. The van der Waals surface area contributed by atoms with Gasteiger partial charge in [0, 0.05) is 61.5 Å². The Labute approximate surface area is 178 Å². The van der Waals surface area contributed by atoms with Gasteiger partial charge in [0.05, 0.1) is 11.1 Å². The number of rotatable bonds is 3. The zero-order valence-electron chi connectivity index (χ0n) is 17.8. The minimum Gasteiger partial charge on any atom is -0.399 e. The fraction of sp³-hybridized carbons (Fsp3) is 0.381. The lowest BCUT2D eigenvalue weighted by Crippen LogP contribution is -2.44. The Balaban J connectivity index is 0.00000132. The minimum absolute atomic E-state index is 0.202. The first-order valence-corrected chi connectivity index (χ1v) is 9.91. The molecule has 0 spiro atoms. The molecule has 2 aromatic heterocycles. The van der Waals surface area contributed by atoms with E-state index in [0.717, 1.165) is 38.9 Å². The minimum atomic E-state index is -3.05. The van der Waals surface area contributed by atoms with Crippen molar-refractivity contribution in [1.29, 1.82) is 0 Å². The molecular formula is C21H27F2N7O. The predicted molar refractivity (Wildman–Crippen MR) is 119 cm³/mol. The van der Waals surface area contributed by atoms with Crippen LogP contribution in [0.25, 0.3) is 22.0 Å². The zero-order chi connectivity index (χ0) is 22.8. The van der Waals surface area contributed by atoms with Crippen molar-refractivity contribution in [2.24, 2.45) is 5.73 Å². The molecule has 10 heteroatoms. The van der Waals surface area contributed by atoms with Crippen molar-refractivity contribution in [2.75, 3.05) is 50.9 Å². The molecule has 0 radical (unpaired) electrons. The van der Waals surface area contributed by atoms with Gasteiger partial charge in [0.15, 0.2) is 0 Å². The van der Waals surface area contributed by atoms with Gasteiger partial charge < -0.3 is 21.3 Å². The number of aromatic amines is 1. The number of alkyl halides is 2. The average Bonchev–Trinajstić information content (AvgIpc) is 2.75. The SMILES string of the molecule is CN.CN1CCN(c2cc3c(-c4cc(N)cc(C(C)(F)F)c4)n[nH]c(=O)c3cn2)CC1. The van der Waals surface area contributed by atoms with Crippen LogP contribution >= 0.6 is 0 Å². The summed E-state index contributed by atoms with van der Waals surface area (Å²) in [6, 6.07) is 5.97. The fourth-order valence-corrected chi connectivity index (χ4v) is 3.52. The van der Waals surface area contributed by atoms with Crippen LogP contribution in [0.15, 0.2) is 35.3 Å². The number of pyridine rings is 1. The van der Waals surface area contributed by atoms with Crippen molar-refractivity contribution in [3.8, 4) is 11.3 Å². The molecular weight excluding hydrogens is 404 g/mol. The van der Waals surface area contributed by atoms with Gasteiger partial charge in [0.25, 0.3) is 11.5 Å². The van der Waals surface area contributed by atoms with Crippen LogP contribution in [0, 0.1) is 0 Å². The molecule has 1 saturated heterocycles. The number of piperazine rings is 1. The van der Waals surface area contributed by atoms with Gasteiger partial charge in [0.1, 0.15) is 5.82 Å². The number of hydrogen-bond donors (Lipinski definition) is 3. The second kappa shape index (κ2) is 8.94. The number of aromatic nitrogens is 3. The number of fused-ring (bicyclic) bond motifs is 1. The van der Waals surface area contributed by atoms with Crippen LogP contribution in [0.4, 0.5) is 20.3 Å². The van der Waals surface area contributed by atoms with E-state index in [4.69, 9.17) is 5.73 Å². The Hall–Kier alpha value is -3.11. The monoisotopic (exact) mass is 431 g/mol. The Morgan fingerprint density at radius 1 is 1.06 bits per heavy atom. The van der Waals surface area contributed by atoms with E-state index in [1.165, 1.54) is 25.4 Å². The number of nitrogen functional groups attached to an aromatic ring is 1. The Bertz CT molecular complexity index is 1120. The molecule has 1 aliphatic rings. The Morgan fingerprint density at radius 3 is 2.39 bits per heavy atom. The van der Waals surface area contributed by atoms with Gasteiger partial charge in [-0.2, -0.15) is 5.10 Å². The number of anilines is 2. The molecule has 0 amide bonds. The molecule has 1 aliphatic heterocycles. The average molecular weight is 431 g/mol. The summed E-state index contributed by atoms with van der Waals surface area (Å²) in [5, 5.41) is 7.47. The van der Waals surface area contributed by atoms with Crippen LogP contribution < -0.4 is 21.9 Å². The van der Waals surface area contributed by atoms with Crippen LogP contribution in [-0.2, 0) is 5.92 Å². The van der Waals surface area contributed by atoms with Crippen LogP contribution in [0.2, 0.25) is 0 Å². The van der Waals surface area contributed by atoms with Crippen molar-refractivity contribution in [1.82, 2.24) is 20.1 Å². The molecule has 0 saturated carbocycles. The van der Waals surface area contributed by atoms with Crippen LogP contribution in [0.3, 0.4) is 0 Å². The van der Waals surface area contributed by atoms with Crippen LogP contribution in [-0.4, -0.2) is 60.4 Å². The lowest BCUT2D eigenvalue weighted by Gasteiger charge is -2.33. The first-order chi connectivity index (χ1) is 14.7.